The van der Waals surface area contributed by atoms with E-state index in [1.54, 1.807) is 12.1 Å². The minimum absolute atomic E-state index is 0.0629. The molecule has 0 bridgehead atoms. The normalized spacial score (nSPS) is 10.8. The topological polar surface area (TPSA) is 72.2 Å². The van der Waals surface area contributed by atoms with Gasteiger partial charge in [-0.15, -0.1) is 0 Å². The fourth-order valence-corrected chi connectivity index (χ4v) is 2.92. The van der Waals surface area contributed by atoms with Gasteiger partial charge in [0.25, 0.3) is 5.69 Å². The Bertz CT molecular complexity index is 909. The highest BCUT2D eigenvalue weighted by Crippen LogP contribution is 2.28. The van der Waals surface area contributed by atoms with Gasteiger partial charge in [-0.1, -0.05) is 25.5 Å². The number of rotatable bonds is 7. The van der Waals surface area contributed by atoms with Gasteiger partial charge in [0, 0.05) is 36.2 Å². The zero-order chi connectivity index (χ0) is 18.5. The molecule has 0 amide bonds. The Balaban J connectivity index is 2.10. The molecule has 0 atom stereocenters. The number of nitro benzene ring substituents is 1. The van der Waals surface area contributed by atoms with Gasteiger partial charge in [-0.05, 0) is 37.6 Å². The minimum Gasteiger partial charge on any atom is -0.356 e. The van der Waals surface area contributed by atoms with E-state index in [9.17, 15) is 10.1 Å². The molecule has 26 heavy (non-hydrogen) atoms. The molecule has 0 aliphatic rings. The Hall–Kier alpha value is -3.02. The second kappa shape index (κ2) is 7.91. The van der Waals surface area contributed by atoms with Crippen LogP contribution in [0.2, 0.25) is 0 Å². The van der Waals surface area contributed by atoms with Crippen molar-refractivity contribution in [3.8, 4) is 11.4 Å². The van der Waals surface area contributed by atoms with Crippen LogP contribution in [0.5, 0.6) is 0 Å². The minimum atomic E-state index is -0.403. The summed E-state index contributed by atoms with van der Waals surface area (Å²) in [4.78, 5) is 22.2. The Labute approximate surface area is 152 Å². The molecule has 0 unspecified atom stereocenters. The quantitative estimate of drug-likeness (QED) is 0.451. The van der Waals surface area contributed by atoms with Gasteiger partial charge in [0.05, 0.1) is 10.4 Å². The maximum absolute atomic E-state index is 10.9. The highest BCUT2D eigenvalue weighted by atomic mass is 16.6. The van der Waals surface area contributed by atoms with E-state index in [0.717, 1.165) is 48.2 Å². The second-order valence-electron chi connectivity index (χ2n) is 6.13. The molecule has 0 aliphatic heterocycles. The monoisotopic (exact) mass is 350 g/mol. The molecule has 0 fully saturated rings. The van der Waals surface area contributed by atoms with Crippen LogP contribution in [0.4, 0.5) is 11.5 Å². The van der Waals surface area contributed by atoms with Gasteiger partial charge in [-0.3, -0.25) is 10.1 Å². The zero-order valence-electron chi connectivity index (χ0n) is 15.1. The number of hydrogen-bond acceptors (Lipinski definition) is 5. The average Bonchev–Trinajstić information content (AvgIpc) is 2.68. The first-order chi connectivity index (χ1) is 12.6. The first kappa shape index (κ1) is 17.8. The third kappa shape index (κ3) is 3.64. The highest BCUT2D eigenvalue weighted by molar-refractivity contribution is 5.91. The smallest absolute Gasteiger partial charge is 0.269 e. The Morgan fingerprint density at radius 1 is 1.04 bits per heavy atom. The van der Waals surface area contributed by atoms with Gasteiger partial charge in [-0.25, -0.2) is 9.97 Å². The summed E-state index contributed by atoms with van der Waals surface area (Å²) in [6, 6.07) is 14.4. The molecule has 2 aromatic carbocycles. The maximum Gasteiger partial charge on any atom is 0.269 e. The molecular formula is C20H22N4O2. The van der Waals surface area contributed by atoms with Crippen LogP contribution in [0.3, 0.4) is 0 Å². The molecule has 0 N–H and O–H groups in total. The van der Waals surface area contributed by atoms with Crippen molar-refractivity contribution < 1.29 is 4.92 Å². The predicted molar refractivity (Wildman–Crippen MR) is 104 cm³/mol. The van der Waals surface area contributed by atoms with Gasteiger partial charge < -0.3 is 4.90 Å². The van der Waals surface area contributed by atoms with Gasteiger partial charge in [-0.2, -0.15) is 0 Å². The fraction of sp³-hybridized carbons (Fsp3) is 0.300. The molecule has 6 heteroatoms. The number of nitro groups is 1. The Kier molecular flexibility index (Phi) is 5.41. The molecule has 0 radical (unpaired) electrons. The van der Waals surface area contributed by atoms with Crippen LogP contribution >= 0.6 is 0 Å². The van der Waals surface area contributed by atoms with E-state index in [1.165, 1.54) is 12.1 Å². The fourth-order valence-electron chi connectivity index (χ4n) is 2.92. The third-order valence-corrected chi connectivity index (χ3v) is 4.38. The number of hydrogen-bond donors (Lipinski definition) is 0. The van der Waals surface area contributed by atoms with Crippen LogP contribution < -0.4 is 4.90 Å². The van der Waals surface area contributed by atoms with Crippen molar-refractivity contribution in [2.75, 3.05) is 18.0 Å². The summed E-state index contributed by atoms with van der Waals surface area (Å²) in [5.74, 6) is 1.50. The molecular weight excluding hydrogens is 328 g/mol. The lowest BCUT2D eigenvalue weighted by Gasteiger charge is -2.23. The van der Waals surface area contributed by atoms with E-state index < -0.39 is 4.92 Å². The Morgan fingerprint density at radius 2 is 1.77 bits per heavy atom. The number of benzene rings is 2. The zero-order valence-corrected chi connectivity index (χ0v) is 15.1. The van der Waals surface area contributed by atoms with E-state index in [0.29, 0.717) is 5.82 Å². The lowest BCUT2D eigenvalue weighted by Crippen LogP contribution is -2.25. The van der Waals surface area contributed by atoms with Crippen molar-refractivity contribution in [2.45, 2.75) is 26.7 Å². The van der Waals surface area contributed by atoms with E-state index in [4.69, 9.17) is 4.98 Å². The van der Waals surface area contributed by atoms with Crippen molar-refractivity contribution in [1.82, 2.24) is 9.97 Å². The lowest BCUT2D eigenvalue weighted by atomic mass is 10.1. The molecule has 6 nitrogen and oxygen atoms in total. The number of aromatic nitrogens is 2. The molecule has 3 aromatic rings. The number of unbranched alkanes of at least 4 members (excludes halogenated alkanes) is 1. The van der Waals surface area contributed by atoms with Crippen molar-refractivity contribution >= 4 is 22.4 Å². The van der Waals surface area contributed by atoms with E-state index in [-0.39, 0.29) is 5.69 Å². The first-order valence-corrected chi connectivity index (χ1v) is 8.90. The average molecular weight is 350 g/mol. The standard InChI is InChI=1S/C20H22N4O2/c1-3-5-14-23(4-2)20-17-8-6-7-9-18(17)21-19(22-20)15-10-12-16(13-11-15)24(25)26/h6-13H,3-5,14H2,1-2H3. The van der Waals surface area contributed by atoms with Crippen molar-refractivity contribution in [2.24, 2.45) is 0 Å². The molecule has 0 aliphatic carbocycles. The van der Waals surface area contributed by atoms with Crippen LogP contribution in [0.15, 0.2) is 48.5 Å². The van der Waals surface area contributed by atoms with E-state index in [2.05, 4.69) is 23.7 Å². The SMILES string of the molecule is CCCCN(CC)c1nc(-c2ccc([N+](=O)[O-])cc2)nc2ccccc12. The number of nitrogens with zero attached hydrogens (tertiary/aromatic N) is 4. The van der Waals surface area contributed by atoms with Gasteiger partial charge in [0.1, 0.15) is 5.82 Å². The predicted octanol–water partition coefficient (Wildman–Crippen LogP) is 4.83. The largest absolute Gasteiger partial charge is 0.356 e. The van der Waals surface area contributed by atoms with Crippen molar-refractivity contribution in [3.05, 3.63) is 58.6 Å². The summed E-state index contributed by atoms with van der Waals surface area (Å²) in [7, 11) is 0. The molecule has 0 saturated heterocycles. The summed E-state index contributed by atoms with van der Waals surface area (Å²) in [6.45, 7) is 6.10. The summed E-state index contributed by atoms with van der Waals surface area (Å²) in [5, 5.41) is 11.9. The third-order valence-electron chi connectivity index (χ3n) is 4.38. The molecule has 134 valence electrons. The van der Waals surface area contributed by atoms with Gasteiger partial charge >= 0.3 is 0 Å². The van der Waals surface area contributed by atoms with Crippen LogP contribution in [-0.4, -0.2) is 28.0 Å². The molecule has 0 saturated carbocycles. The summed E-state index contributed by atoms with van der Waals surface area (Å²) < 4.78 is 0. The highest BCUT2D eigenvalue weighted by Gasteiger charge is 2.15. The van der Waals surface area contributed by atoms with E-state index >= 15 is 0 Å². The number of anilines is 1. The summed E-state index contributed by atoms with van der Waals surface area (Å²) in [6.07, 6.45) is 2.22. The molecule has 0 spiro atoms. The van der Waals surface area contributed by atoms with Crippen molar-refractivity contribution in [3.63, 3.8) is 0 Å². The first-order valence-electron chi connectivity index (χ1n) is 8.90. The number of non-ortho nitro benzene ring substituents is 1. The molecule has 3 rings (SSSR count). The van der Waals surface area contributed by atoms with E-state index in [1.807, 2.05) is 24.3 Å². The Morgan fingerprint density at radius 3 is 2.42 bits per heavy atom. The van der Waals surface area contributed by atoms with Crippen LogP contribution in [0.25, 0.3) is 22.3 Å². The molecule has 1 aromatic heterocycles. The number of para-hydroxylation sites is 1. The van der Waals surface area contributed by atoms with Crippen LogP contribution in [0.1, 0.15) is 26.7 Å². The van der Waals surface area contributed by atoms with Gasteiger partial charge in [0.2, 0.25) is 0 Å². The summed E-state index contributed by atoms with van der Waals surface area (Å²) in [5.41, 5.74) is 1.71. The van der Waals surface area contributed by atoms with Crippen LogP contribution in [-0.2, 0) is 0 Å². The van der Waals surface area contributed by atoms with Gasteiger partial charge in [0.15, 0.2) is 5.82 Å². The maximum atomic E-state index is 10.9. The van der Waals surface area contributed by atoms with Crippen molar-refractivity contribution in [1.29, 1.82) is 0 Å². The second-order valence-corrected chi connectivity index (χ2v) is 6.13. The number of fused-ring (bicyclic) bond motifs is 1. The molecule has 1 heterocycles. The van der Waals surface area contributed by atoms with Crippen LogP contribution in [0, 0.1) is 10.1 Å². The summed E-state index contributed by atoms with van der Waals surface area (Å²) >= 11 is 0. The lowest BCUT2D eigenvalue weighted by molar-refractivity contribution is -0.384.